The van der Waals surface area contributed by atoms with Gasteiger partial charge >= 0.3 is 0 Å². The summed E-state index contributed by atoms with van der Waals surface area (Å²) < 4.78 is 5.89. The molecule has 1 heterocycles. The molecule has 7 heteroatoms. The Balaban J connectivity index is 2.41. The zero-order valence-electron chi connectivity index (χ0n) is 14.6. The maximum atomic E-state index is 8.65. The lowest BCUT2D eigenvalue weighted by molar-refractivity contribution is 0.322. The van der Waals surface area contributed by atoms with Gasteiger partial charge in [-0.05, 0) is 25.6 Å². The van der Waals surface area contributed by atoms with Crippen molar-refractivity contribution in [1.29, 1.82) is 5.26 Å². The molecule has 0 aliphatic heterocycles. The molecule has 0 saturated carbocycles. The van der Waals surface area contributed by atoms with Gasteiger partial charge in [-0.3, -0.25) is 15.2 Å². The van der Waals surface area contributed by atoms with Crippen molar-refractivity contribution in [2.75, 3.05) is 32.4 Å². The SMILES string of the molecule is C#CCNC(=NCCSCc1oc(CN(C)CC#C)cc1C)NC#N. The van der Waals surface area contributed by atoms with Crippen molar-refractivity contribution in [3.8, 4) is 30.9 Å². The lowest BCUT2D eigenvalue weighted by atomic mass is 10.3. The molecule has 0 unspecified atom stereocenters. The number of hydrogen-bond donors (Lipinski definition) is 2. The van der Waals surface area contributed by atoms with Crippen LogP contribution in [0.1, 0.15) is 17.1 Å². The normalized spacial score (nSPS) is 10.8. The van der Waals surface area contributed by atoms with Crippen LogP contribution in [0, 0.1) is 43.1 Å². The summed E-state index contributed by atoms with van der Waals surface area (Å²) >= 11 is 1.72. The number of aryl methyl sites for hydroxylation is 1. The first kappa shape index (κ1) is 20.5. The summed E-state index contributed by atoms with van der Waals surface area (Å²) in [5.74, 6) is 8.92. The molecule has 1 aromatic heterocycles. The van der Waals surface area contributed by atoms with Gasteiger partial charge in [-0.2, -0.15) is 17.0 Å². The first-order valence-electron chi connectivity index (χ1n) is 7.75. The van der Waals surface area contributed by atoms with Crippen LogP contribution in [0.5, 0.6) is 0 Å². The molecule has 0 bridgehead atoms. The third-order valence-electron chi connectivity index (χ3n) is 3.13. The number of nitrogens with one attached hydrogen (secondary N) is 2. The van der Waals surface area contributed by atoms with E-state index in [1.807, 2.05) is 25.1 Å². The maximum absolute atomic E-state index is 8.65. The van der Waals surface area contributed by atoms with Crippen molar-refractivity contribution in [2.45, 2.75) is 19.2 Å². The molecule has 0 aliphatic rings. The van der Waals surface area contributed by atoms with Gasteiger partial charge < -0.3 is 9.73 Å². The first-order chi connectivity index (χ1) is 12.1. The van der Waals surface area contributed by atoms with Gasteiger partial charge in [0.1, 0.15) is 11.5 Å². The van der Waals surface area contributed by atoms with Gasteiger partial charge in [0.15, 0.2) is 6.19 Å². The van der Waals surface area contributed by atoms with Crippen molar-refractivity contribution in [1.82, 2.24) is 15.5 Å². The van der Waals surface area contributed by atoms with Crippen LogP contribution >= 0.6 is 11.8 Å². The fourth-order valence-electron chi connectivity index (χ4n) is 2.00. The maximum Gasteiger partial charge on any atom is 0.205 e. The predicted molar refractivity (Wildman–Crippen MR) is 103 cm³/mol. The summed E-state index contributed by atoms with van der Waals surface area (Å²) in [6.07, 6.45) is 12.3. The van der Waals surface area contributed by atoms with E-state index in [0.29, 0.717) is 32.1 Å². The third kappa shape index (κ3) is 8.22. The summed E-state index contributed by atoms with van der Waals surface area (Å²) in [5, 5.41) is 14.0. The molecule has 2 N–H and O–H groups in total. The summed E-state index contributed by atoms with van der Waals surface area (Å²) in [5.41, 5.74) is 1.14. The van der Waals surface area contributed by atoms with Crippen LogP contribution in [-0.4, -0.2) is 43.3 Å². The van der Waals surface area contributed by atoms with Crippen LogP contribution in [0.25, 0.3) is 0 Å². The van der Waals surface area contributed by atoms with Crippen LogP contribution in [-0.2, 0) is 12.3 Å². The van der Waals surface area contributed by atoms with Gasteiger partial charge in [0.05, 0.1) is 31.9 Å². The third-order valence-corrected chi connectivity index (χ3v) is 4.07. The van der Waals surface area contributed by atoms with Crippen molar-refractivity contribution >= 4 is 17.7 Å². The van der Waals surface area contributed by atoms with Gasteiger partial charge in [0.2, 0.25) is 5.96 Å². The minimum atomic E-state index is 0.323. The highest BCUT2D eigenvalue weighted by atomic mass is 32.2. The average Bonchev–Trinajstić information content (AvgIpc) is 2.91. The van der Waals surface area contributed by atoms with E-state index >= 15 is 0 Å². The number of furan rings is 1. The Morgan fingerprint density at radius 1 is 1.44 bits per heavy atom. The number of thioether (sulfide) groups is 1. The van der Waals surface area contributed by atoms with E-state index < -0.39 is 0 Å². The van der Waals surface area contributed by atoms with Crippen molar-refractivity contribution in [3.05, 3.63) is 23.2 Å². The number of rotatable bonds is 9. The van der Waals surface area contributed by atoms with Crippen LogP contribution in [0.15, 0.2) is 15.5 Å². The zero-order chi connectivity index (χ0) is 18.5. The Kier molecular flexibility index (Phi) is 9.78. The largest absolute Gasteiger partial charge is 0.464 e. The van der Waals surface area contributed by atoms with Gasteiger partial charge in [-0.15, -0.1) is 12.8 Å². The molecular weight excluding hydrogens is 334 g/mol. The topological polar surface area (TPSA) is 76.6 Å². The molecule has 0 radical (unpaired) electrons. The van der Waals surface area contributed by atoms with Crippen LogP contribution in [0.2, 0.25) is 0 Å². The lowest BCUT2D eigenvalue weighted by Gasteiger charge is -2.10. The molecule has 1 rings (SSSR count). The first-order valence-corrected chi connectivity index (χ1v) is 8.91. The standard InChI is InChI=1S/C18H23N5OS/c1-5-7-20-18(22-14-19)21-8-10-25-13-17-15(3)11-16(24-17)12-23(4)9-6-2/h1-2,11H,7-10,12-13H2,3-4H3,(H2,20,21,22). The summed E-state index contributed by atoms with van der Waals surface area (Å²) in [7, 11) is 1.96. The number of aliphatic imine (C=N–C) groups is 1. The van der Waals surface area contributed by atoms with E-state index in [1.54, 1.807) is 11.8 Å². The van der Waals surface area contributed by atoms with Gasteiger partial charge in [-0.1, -0.05) is 11.8 Å². The summed E-state index contributed by atoms with van der Waals surface area (Å²) in [4.78, 5) is 6.29. The van der Waals surface area contributed by atoms with Gasteiger partial charge in [-0.25, -0.2) is 0 Å². The van der Waals surface area contributed by atoms with E-state index in [0.717, 1.165) is 28.6 Å². The highest BCUT2D eigenvalue weighted by Gasteiger charge is 2.09. The van der Waals surface area contributed by atoms with Gasteiger partial charge in [0.25, 0.3) is 0 Å². The Morgan fingerprint density at radius 2 is 2.24 bits per heavy atom. The minimum Gasteiger partial charge on any atom is -0.464 e. The molecule has 1 aromatic rings. The quantitative estimate of drug-likeness (QED) is 0.174. The van der Waals surface area contributed by atoms with Gasteiger partial charge in [0, 0.05) is 5.75 Å². The second-order valence-electron chi connectivity index (χ2n) is 5.27. The number of nitrogens with zero attached hydrogens (tertiary/aromatic N) is 3. The zero-order valence-corrected chi connectivity index (χ0v) is 15.4. The number of guanidine groups is 1. The molecule has 6 nitrogen and oxygen atoms in total. The highest BCUT2D eigenvalue weighted by Crippen LogP contribution is 2.21. The fourth-order valence-corrected chi connectivity index (χ4v) is 2.84. The summed E-state index contributed by atoms with van der Waals surface area (Å²) in [6, 6.07) is 2.06. The highest BCUT2D eigenvalue weighted by molar-refractivity contribution is 7.98. The van der Waals surface area contributed by atoms with E-state index in [4.69, 9.17) is 22.5 Å². The molecule has 132 valence electrons. The predicted octanol–water partition coefficient (Wildman–Crippen LogP) is 1.54. The fraction of sp³-hybridized carbons (Fsp3) is 0.444. The Hall–Kier alpha value is -2.53. The Morgan fingerprint density at radius 3 is 2.92 bits per heavy atom. The van der Waals surface area contributed by atoms with E-state index in [9.17, 15) is 0 Å². The van der Waals surface area contributed by atoms with Crippen LogP contribution in [0.3, 0.4) is 0 Å². The lowest BCUT2D eigenvalue weighted by Crippen LogP contribution is -2.34. The molecule has 0 saturated heterocycles. The number of hydrogen-bond acceptors (Lipinski definition) is 5. The van der Waals surface area contributed by atoms with E-state index in [1.165, 1.54) is 0 Å². The monoisotopic (exact) mass is 357 g/mol. The van der Waals surface area contributed by atoms with Crippen molar-refractivity contribution in [2.24, 2.45) is 4.99 Å². The molecule has 0 spiro atoms. The molecule has 0 atom stereocenters. The molecule has 0 aliphatic carbocycles. The van der Waals surface area contributed by atoms with Crippen LogP contribution in [0.4, 0.5) is 0 Å². The van der Waals surface area contributed by atoms with Crippen LogP contribution < -0.4 is 10.6 Å². The van der Waals surface area contributed by atoms with Crippen molar-refractivity contribution < 1.29 is 4.42 Å². The molecule has 0 amide bonds. The molecule has 25 heavy (non-hydrogen) atoms. The second-order valence-corrected chi connectivity index (χ2v) is 6.38. The number of nitriles is 1. The minimum absolute atomic E-state index is 0.323. The van der Waals surface area contributed by atoms with Crippen molar-refractivity contribution in [3.63, 3.8) is 0 Å². The smallest absolute Gasteiger partial charge is 0.205 e. The Bertz CT molecular complexity index is 690. The molecule has 0 fully saturated rings. The second kappa shape index (κ2) is 11.9. The molecule has 0 aromatic carbocycles. The summed E-state index contributed by atoms with van der Waals surface area (Å²) in [6.45, 7) is 4.23. The average molecular weight is 357 g/mol. The molecular formula is C18H23N5OS. The Labute approximate surface area is 154 Å². The number of terminal acetylenes is 2. The van der Waals surface area contributed by atoms with E-state index in [2.05, 4.69) is 33.5 Å². The van der Waals surface area contributed by atoms with E-state index in [-0.39, 0.29) is 0 Å².